The zero-order valence-electron chi connectivity index (χ0n) is 11.9. The molecule has 0 spiro atoms. The molecule has 2 aliphatic heterocycles. The summed E-state index contributed by atoms with van der Waals surface area (Å²) in [5, 5.41) is 9.22. The lowest BCUT2D eigenvalue weighted by Crippen LogP contribution is -2.49. The summed E-state index contributed by atoms with van der Waals surface area (Å²) in [4.78, 5) is 14.4. The molecule has 6 nitrogen and oxygen atoms in total. The van der Waals surface area contributed by atoms with Crippen molar-refractivity contribution < 1.29 is 24.1 Å². The van der Waals surface area contributed by atoms with Gasteiger partial charge in [0.1, 0.15) is 0 Å². The van der Waals surface area contributed by atoms with Crippen LogP contribution < -0.4 is 9.47 Å². The zero-order valence-corrected chi connectivity index (χ0v) is 11.9. The Balaban J connectivity index is 1.65. The quantitative estimate of drug-likeness (QED) is 0.823. The molecule has 0 aromatic heterocycles. The molecule has 0 aliphatic carbocycles. The SMILES string of the molecule is CC1CN(CC(=O)c2ccc3c(c2)OCO3)CC(CO)O1. The summed E-state index contributed by atoms with van der Waals surface area (Å²) in [6.45, 7) is 3.68. The lowest BCUT2D eigenvalue weighted by Gasteiger charge is -2.35. The van der Waals surface area contributed by atoms with Crippen molar-refractivity contribution in [2.24, 2.45) is 0 Å². The molecule has 3 rings (SSSR count). The maximum Gasteiger partial charge on any atom is 0.231 e. The van der Waals surface area contributed by atoms with E-state index in [1.54, 1.807) is 18.2 Å². The molecule has 2 unspecified atom stereocenters. The van der Waals surface area contributed by atoms with Crippen LogP contribution in [0.2, 0.25) is 0 Å². The van der Waals surface area contributed by atoms with E-state index >= 15 is 0 Å². The Bertz CT molecular complexity index is 533. The smallest absolute Gasteiger partial charge is 0.231 e. The fourth-order valence-electron chi connectivity index (χ4n) is 2.73. The maximum atomic E-state index is 12.4. The van der Waals surface area contributed by atoms with E-state index in [9.17, 15) is 9.90 Å². The van der Waals surface area contributed by atoms with Crippen molar-refractivity contribution in [3.05, 3.63) is 23.8 Å². The van der Waals surface area contributed by atoms with E-state index in [4.69, 9.17) is 14.2 Å². The molecule has 1 aromatic carbocycles. The first-order chi connectivity index (χ1) is 10.2. The highest BCUT2D eigenvalue weighted by Crippen LogP contribution is 2.32. The van der Waals surface area contributed by atoms with Crippen LogP contribution in [0.25, 0.3) is 0 Å². The van der Waals surface area contributed by atoms with Gasteiger partial charge in [-0.1, -0.05) is 0 Å². The van der Waals surface area contributed by atoms with Crippen molar-refractivity contribution in [1.82, 2.24) is 4.90 Å². The van der Waals surface area contributed by atoms with Crippen LogP contribution in [0.15, 0.2) is 18.2 Å². The molecule has 21 heavy (non-hydrogen) atoms. The van der Waals surface area contributed by atoms with Gasteiger partial charge in [0.15, 0.2) is 17.3 Å². The third-order valence-corrected chi connectivity index (χ3v) is 3.67. The van der Waals surface area contributed by atoms with Crippen molar-refractivity contribution in [1.29, 1.82) is 0 Å². The molecule has 0 bridgehead atoms. The summed E-state index contributed by atoms with van der Waals surface area (Å²) in [6, 6.07) is 5.23. The summed E-state index contributed by atoms with van der Waals surface area (Å²) in [7, 11) is 0. The topological polar surface area (TPSA) is 68.2 Å². The maximum absolute atomic E-state index is 12.4. The molecule has 6 heteroatoms. The second-order valence-electron chi connectivity index (χ2n) is 5.44. The summed E-state index contributed by atoms with van der Waals surface area (Å²) in [5.41, 5.74) is 0.610. The van der Waals surface area contributed by atoms with Crippen LogP contribution in [-0.2, 0) is 4.74 Å². The summed E-state index contributed by atoms with van der Waals surface area (Å²) in [5.74, 6) is 1.32. The van der Waals surface area contributed by atoms with Crippen LogP contribution in [0.5, 0.6) is 11.5 Å². The van der Waals surface area contributed by atoms with E-state index in [1.165, 1.54) is 0 Å². The Morgan fingerprint density at radius 1 is 1.33 bits per heavy atom. The minimum absolute atomic E-state index is 0.0143. The van der Waals surface area contributed by atoms with Gasteiger partial charge >= 0.3 is 0 Å². The standard InChI is InChI=1S/C15H19NO5/c1-10-5-16(6-12(8-17)21-10)7-13(18)11-2-3-14-15(4-11)20-9-19-14/h2-4,10,12,17H,5-9H2,1H3. The number of aliphatic hydroxyl groups excluding tert-OH is 1. The molecule has 2 aliphatic rings. The van der Waals surface area contributed by atoms with Crippen molar-refractivity contribution in [2.45, 2.75) is 19.1 Å². The van der Waals surface area contributed by atoms with Gasteiger partial charge in [-0.05, 0) is 25.1 Å². The largest absolute Gasteiger partial charge is 0.454 e. The van der Waals surface area contributed by atoms with Gasteiger partial charge < -0.3 is 19.3 Å². The van der Waals surface area contributed by atoms with Gasteiger partial charge in [0.2, 0.25) is 6.79 Å². The first-order valence-corrected chi connectivity index (χ1v) is 7.07. The second kappa shape index (κ2) is 6.01. The van der Waals surface area contributed by atoms with Crippen LogP contribution in [0, 0.1) is 0 Å². The average molecular weight is 293 g/mol. The Hall–Kier alpha value is -1.63. The number of carbonyl (C=O) groups is 1. The fourth-order valence-corrected chi connectivity index (χ4v) is 2.73. The zero-order chi connectivity index (χ0) is 14.8. The summed E-state index contributed by atoms with van der Waals surface area (Å²) < 4.78 is 16.1. The van der Waals surface area contributed by atoms with Crippen LogP contribution >= 0.6 is 0 Å². The van der Waals surface area contributed by atoms with E-state index in [1.807, 2.05) is 11.8 Å². The summed E-state index contributed by atoms with van der Waals surface area (Å²) in [6.07, 6.45) is -0.209. The number of rotatable bonds is 4. The minimum atomic E-state index is -0.224. The highest BCUT2D eigenvalue weighted by Gasteiger charge is 2.26. The molecule has 0 amide bonds. The highest BCUT2D eigenvalue weighted by atomic mass is 16.7. The van der Waals surface area contributed by atoms with Gasteiger partial charge in [-0.15, -0.1) is 0 Å². The lowest BCUT2D eigenvalue weighted by molar-refractivity contribution is -0.0926. The molecular formula is C15H19NO5. The number of morpholine rings is 1. The van der Waals surface area contributed by atoms with Crippen molar-refractivity contribution in [2.75, 3.05) is 33.0 Å². The van der Waals surface area contributed by atoms with Crippen molar-refractivity contribution in [3.8, 4) is 11.5 Å². The number of carbonyl (C=O) groups excluding carboxylic acids is 1. The van der Waals surface area contributed by atoms with Crippen LogP contribution in [0.1, 0.15) is 17.3 Å². The normalized spacial score (nSPS) is 25.0. The van der Waals surface area contributed by atoms with E-state index in [-0.39, 0.29) is 31.4 Å². The number of Topliss-reactive ketones (excluding diaryl/α,β-unsaturated/α-hetero) is 1. The van der Waals surface area contributed by atoms with Crippen LogP contribution in [0.4, 0.5) is 0 Å². The molecule has 0 saturated carbocycles. The number of hydrogen-bond donors (Lipinski definition) is 1. The molecule has 0 radical (unpaired) electrons. The average Bonchev–Trinajstić information content (AvgIpc) is 2.93. The van der Waals surface area contributed by atoms with E-state index < -0.39 is 0 Å². The Morgan fingerprint density at radius 3 is 2.95 bits per heavy atom. The predicted molar refractivity (Wildman–Crippen MR) is 74.8 cm³/mol. The molecular weight excluding hydrogens is 274 g/mol. The Morgan fingerprint density at radius 2 is 2.14 bits per heavy atom. The molecule has 1 fully saturated rings. The van der Waals surface area contributed by atoms with Crippen molar-refractivity contribution >= 4 is 5.78 Å². The van der Waals surface area contributed by atoms with Gasteiger partial charge in [-0.3, -0.25) is 9.69 Å². The van der Waals surface area contributed by atoms with Gasteiger partial charge in [0.25, 0.3) is 0 Å². The Kier molecular flexibility index (Phi) is 4.10. The first kappa shape index (κ1) is 14.3. The molecule has 2 heterocycles. The minimum Gasteiger partial charge on any atom is -0.454 e. The third-order valence-electron chi connectivity index (χ3n) is 3.67. The van der Waals surface area contributed by atoms with Crippen LogP contribution in [0.3, 0.4) is 0 Å². The number of ether oxygens (including phenoxy) is 3. The number of aliphatic hydroxyl groups is 1. The molecule has 114 valence electrons. The van der Waals surface area contributed by atoms with Gasteiger partial charge in [0.05, 0.1) is 25.4 Å². The first-order valence-electron chi connectivity index (χ1n) is 7.07. The van der Waals surface area contributed by atoms with Crippen LogP contribution in [-0.4, -0.2) is 61.0 Å². The van der Waals surface area contributed by atoms with Gasteiger partial charge in [0, 0.05) is 18.7 Å². The van der Waals surface area contributed by atoms with E-state index in [2.05, 4.69) is 0 Å². The van der Waals surface area contributed by atoms with E-state index in [0.29, 0.717) is 36.7 Å². The molecule has 1 aromatic rings. The monoisotopic (exact) mass is 293 g/mol. The fraction of sp³-hybridized carbons (Fsp3) is 0.533. The second-order valence-corrected chi connectivity index (χ2v) is 5.44. The summed E-state index contributed by atoms with van der Waals surface area (Å²) >= 11 is 0. The van der Waals surface area contributed by atoms with E-state index in [0.717, 1.165) is 0 Å². The van der Waals surface area contributed by atoms with Gasteiger partial charge in [-0.2, -0.15) is 0 Å². The number of benzene rings is 1. The Labute approximate surface area is 123 Å². The highest BCUT2D eigenvalue weighted by molar-refractivity contribution is 5.98. The van der Waals surface area contributed by atoms with Gasteiger partial charge in [-0.25, -0.2) is 0 Å². The molecule has 1 saturated heterocycles. The van der Waals surface area contributed by atoms with Crippen molar-refractivity contribution in [3.63, 3.8) is 0 Å². The number of nitrogens with zero attached hydrogens (tertiary/aromatic N) is 1. The third kappa shape index (κ3) is 3.18. The lowest BCUT2D eigenvalue weighted by atomic mass is 10.1. The molecule has 1 N–H and O–H groups in total. The predicted octanol–water partition coefficient (Wildman–Crippen LogP) is 0.680. The number of fused-ring (bicyclic) bond motifs is 1. The number of hydrogen-bond acceptors (Lipinski definition) is 6. The molecule has 2 atom stereocenters. The number of ketones is 1.